The van der Waals surface area contributed by atoms with Crippen molar-refractivity contribution in [2.45, 2.75) is 19.4 Å². The predicted molar refractivity (Wildman–Crippen MR) is 113 cm³/mol. The van der Waals surface area contributed by atoms with Crippen LogP contribution in [0.1, 0.15) is 16.7 Å². The van der Waals surface area contributed by atoms with E-state index in [-0.39, 0.29) is 0 Å². The van der Waals surface area contributed by atoms with Gasteiger partial charge in [-0.1, -0.05) is 29.4 Å². The molecule has 2 aliphatic rings. The second-order valence-corrected chi connectivity index (χ2v) is 7.95. The topological polar surface area (TPSA) is 61.2 Å². The molecule has 1 aromatic carbocycles. The van der Waals surface area contributed by atoms with E-state index in [0.717, 1.165) is 62.8 Å². The number of anilines is 1. The molecule has 1 N–H and O–H groups in total. The van der Waals surface area contributed by atoms with Gasteiger partial charge in [0.1, 0.15) is 11.3 Å². The Balaban J connectivity index is 1.18. The van der Waals surface area contributed by atoms with Crippen LogP contribution >= 0.6 is 0 Å². The Morgan fingerprint density at radius 2 is 1.90 bits per heavy atom. The zero-order valence-corrected chi connectivity index (χ0v) is 16.3. The lowest BCUT2D eigenvalue weighted by Gasteiger charge is -2.34. The summed E-state index contributed by atoms with van der Waals surface area (Å²) in [6.45, 7) is 4.90. The minimum Gasteiger partial charge on any atom is -0.346 e. The van der Waals surface area contributed by atoms with Crippen molar-refractivity contribution in [2.24, 2.45) is 0 Å². The molecule has 0 bridgehead atoms. The predicted octanol–water partition coefficient (Wildman–Crippen LogP) is 3.64. The fourth-order valence-corrected chi connectivity index (χ4v) is 4.71. The first kappa shape index (κ1) is 16.8. The van der Waals surface area contributed by atoms with Crippen molar-refractivity contribution in [1.82, 2.24) is 20.0 Å². The number of aryl methyl sites for hydroxylation is 1. The summed E-state index contributed by atoms with van der Waals surface area (Å²) in [6.07, 6.45) is 5.99. The van der Waals surface area contributed by atoms with E-state index in [1.807, 2.05) is 12.3 Å². The first-order valence-corrected chi connectivity index (χ1v) is 10.3. The molecule has 6 heteroatoms. The molecule has 1 saturated heterocycles. The van der Waals surface area contributed by atoms with Gasteiger partial charge >= 0.3 is 0 Å². The second-order valence-electron chi connectivity index (χ2n) is 7.95. The number of piperazine rings is 1. The number of nitrogens with one attached hydrogen (secondary N) is 1. The Morgan fingerprint density at radius 3 is 2.83 bits per heavy atom. The maximum absolute atomic E-state index is 5.86. The Labute approximate surface area is 169 Å². The van der Waals surface area contributed by atoms with E-state index in [2.05, 4.69) is 61.5 Å². The summed E-state index contributed by atoms with van der Waals surface area (Å²) >= 11 is 0. The Hall–Kier alpha value is -3.12. The molecule has 6 nitrogen and oxygen atoms in total. The number of pyridine rings is 1. The van der Waals surface area contributed by atoms with Crippen molar-refractivity contribution >= 4 is 16.9 Å². The normalized spacial score (nSPS) is 16.8. The molecule has 29 heavy (non-hydrogen) atoms. The van der Waals surface area contributed by atoms with E-state index in [1.165, 1.54) is 27.6 Å². The third kappa shape index (κ3) is 2.83. The molecule has 4 heterocycles. The first-order valence-electron chi connectivity index (χ1n) is 10.3. The number of benzene rings is 1. The molecule has 0 spiro atoms. The maximum atomic E-state index is 5.86. The summed E-state index contributed by atoms with van der Waals surface area (Å²) in [5.41, 5.74) is 7.20. The highest BCUT2D eigenvalue weighted by Crippen LogP contribution is 2.38. The molecule has 1 fully saturated rings. The summed E-state index contributed by atoms with van der Waals surface area (Å²) in [4.78, 5) is 12.5. The van der Waals surface area contributed by atoms with Crippen LogP contribution in [0.15, 0.2) is 53.3 Å². The number of nitrogens with zero attached hydrogens (tertiary/aromatic N) is 4. The van der Waals surface area contributed by atoms with Crippen LogP contribution in [0.5, 0.6) is 0 Å². The third-order valence-electron chi connectivity index (χ3n) is 6.27. The van der Waals surface area contributed by atoms with Gasteiger partial charge in [-0.15, -0.1) is 0 Å². The third-order valence-corrected chi connectivity index (χ3v) is 6.27. The molecule has 0 saturated carbocycles. The molecule has 0 radical (unpaired) electrons. The molecule has 0 amide bonds. The molecule has 146 valence electrons. The van der Waals surface area contributed by atoms with E-state index >= 15 is 0 Å². The number of rotatable bonds is 3. The van der Waals surface area contributed by atoms with Crippen molar-refractivity contribution in [2.75, 3.05) is 31.1 Å². The van der Waals surface area contributed by atoms with Crippen LogP contribution in [-0.4, -0.2) is 46.2 Å². The van der Waals surface area contributed by atoms with Gasteiger partial charge < -0.3 is 14.4 Å². The van der Waals surface area contributed by atoms with E-state index in [0.29, 0.717) is 0 Å². The SMILES string of the molecule is c1ccc2c(c1)CCc1c-2noc1N1CCN(Cc2c[nH]c3ncccc23)CC1. The van der Waals surface area contributed by atoms with Crippen LogP contribution in [0.4, 0.5) is 5.88 Å². The number of aromatic amines is 1. The van der Waals surface area contributed by atoms with Crippen LogP contribution in [0.25, 0.3) is 22.3 Å². The van der Waals surface area contributed by atoms with Crippen LogP contribution in [0.3, 0.4) is 0 Å². The number of hydrogen-bond acceptors (Lipinski definition) is 5. The average Bonchev–Trinajstić information content (AvgIpc) is 3.39. The van der Waals surface area contributed by atoms with E-state index in [4.69, 9.17) is 4.52 Å². The lowest BCUT2D eigenvalue weighted by atomic mass is 9.90. The zero-order chi connectivity index (χ0) is 19.2. The summed E-state index contributed by atoms with van der Waals surface area (Å²) in [6, 6.07) is 12.7. The summed E-state index contributed by atoms with van der Waals surface area (Å²) in [7, 11) is 0. The standard InChI is InChI=1S/C23H23N5O/c1-2-5-18-16(4-1)7-8-20-21(18)26-29-23(20)28-12-10-27(11-13-28)15-17-14-25-22-19(17)6-3-9-24-22/h1-6,9,14H,7-8,10-13,15H2,(H,24,25). The summed E-state index contributed by atoms with van der Waals surface area (Å²) in [5.74, 6) is 0.977. The smallest absolute Gasteiger partial charge is 0.231 e. The molecule has 1 aliphatic carbocycles. The molecular weight excluding hydrogens is 362 g/mol. The highest BCUT2D eigenvalue weighted by Gasteiger charge is 2.28. The number of hydrogen-bond donors (Lipinski definition) is 1. The molecule has 0 unspecified atom stereocenters. The van der Waals surface area contributed by atoms with Gasteiger partial charge in [-0.3, -0.25) is 4.90 Å². The van der Waals surface area contributed by atoms with Gasteiger partial charge in [0.05, 0.1) is 0 Å². The highest BCUT2D eigenvalue weighted by molar-refractivity contribution is 5.79. The van der Waals surface area contributed by atoms with Gasteiger partial charge in [-0.2, -0.15) is 0 Å². The Morgan fingerprint density at radius 1 is 1.00 bits per heavy atom. The highest BCUT2D eigenvalue weighted by atomic mass is 16.5. The lowest BCUT2D eigenvalue weighted by molar-refractivity contribution is 0.244. The fraction of sp³-hybridized carbons (Fsp3) is 0.304. The minimum atomic E-state index is 0.946. The van der Waals surface area contributed by atoms with E-state index < -0.39 is 0 Å². The van der Waals surface area contributed by atoms with Crippen molar-refractivity contribution in [3.63, 3.8) is 0 Å². The first-order chi connectivity index (χ1) is 14.4. The van der Waals surface area contributed by atoms with Gasteiger partial charge in [-0.05, 0) is 36.1 Å². The van der Waals surface area contributed by atoms with Crippen LogP contribution in [-0.2, 0) is 19.4 Å². The molecule has 1 aliphatic heterocycles. The maximum Gasteiger partial charge on any atom is 0.231 e. The number of H-pyrrole nitrogens is 1. The van der Waals surface area contributed by atoms with Crippen molar-refractivity contribution in [3.8, 4) is 11.3 Å². The average molecular weight is 385 g/mol. The zero-order valence-electron chi connectivity index (χ0n) is 16.3. The molecule has 4 aromatic rings. The number of fused-ring (bicyclic) bond motifs is 4. The summed E-state index contributed by atoms with van der Waals surface area (Å²) < 4.78 is 5.86. The fourth-order valence-electron chi connectivity index (χ4n) is 4.71. The molecular formula is C23H23N5O. The van der Waals surface area contributed by atoms with Crippen LogP contribution in [0.2, 0.25) is 0 Å². The minimum absolute atomic E-state index is 0.946. The van der Waals surface area contributed by atoms with Crippen molar-refractivity contribution < 1.29 is 4.52 Å². The van der Waals surface area contributed by atoms with Gasteiger partial charge in [0.25, 0.3) is 0 Å². The Bertz CT molecular complexity index is 1170. The van der Waals surface area contributed by atoms with Crippen molar-refractivity contribution in [3.05, 3.63) is 65.5 Å². The van der Waals surface area contributed by atoms with Gasteiger partial charge in [-0.25, -0.2) is 4.98 Å². The van der Waals surface area contributed by atoms with Gasteiger partial charge in [0.2, 0.25) is 5.88 Å². The monoisotopic (exact) mass is 385 g/mol. The number of aromatic nitrogens is 3. The van der Waals surface area contributed by atoms with E-state index in [1.54, 1.807) is 0 Å². The van der Waals surface area contributed by atoms with Crippen LogP contribution in [0, 0.1) is 0 Å². The molecule has 6 rings (SSSR count). The lowest BCUT2D eigenvalue weighted by Crippen LogP contribution is -2.46. The largest absolute Gasteiger partial charge is 0.346 e. The summed E-state index contributed by atoms with van der Waals surface area (Å²) in [5, 5.41) is 5.67. The van der Waals surface area contributed by atoms with Crippen LogP contribution < -0.4 is 4.90 Å². The molecule has 0 atom stereocenters. The second kappa shape index (κ2) is 6.74. The van der Waals surface area contributed by atoms with Crippen molar-refractivity contribution in [1.29, 1.82) is 0 Å². The van der Waals surface area contributed by atoms with E-state index in [9.17, 15) is 0 Å². The molecule has 3 aromatic heterocycles. The Kier molecular flexibility index (Phi) is 3.90. The van der Waals surface area contributed by atoms with Gasteiger partial charge in [0, 0.05) is 61.6 Å². The van der Waals surface area contributed by atoms with Gasteiger partial charge in [0.15, 0.2) is 0 Å². The quantitative estimate of drug-likeness (QED) is 0.583.